The molecule has 0 bridgehead atoms. The molecule has 0 saturated carbocycles. The van der Waals surface area contributed by atoms with Gasteiger partial charge in [-0.3, -0.25) is 0 Å². The average Bonchev–Trinajstić information content (AvgIpc) is 2.89. The van der Waals surface area contributed by atoms with Crippen molar-refractivity contribution >= 4 is 12.3 Å². The molecular weight excluding hydrogens is 492 g/mol. The molecule has 6 heteroatoms. The molecule has 0 unspecified atom stereocenters. The second-order valence-electron chi connectivity index (χ2n) is 10.0. The summed E-state index contributed by atoms with van der Waals surface area (Å²) < 4.78 is 21.7. The number of para-hydroxylation sites is 2. The van der Waals surface area contributed by atoms with Gasteiger partial charge in [0.2, 0.25) is 0 Å². The second-order valence-corrected chi connectivity index (χ2v) is 10.0. The Hall–Kier alpha value is -4.58. The highest BCUT2D eigenvalue weighted by Gasteiger charge is 2.27. The normalized spacial score (nSPS) is 11.0. The maximum Gasteiger partial charge on any atom is 0.519 e. The van der Waals surface area contributed by atoms with Crippen molar-refractivity contribution in [3.63, 3.8) is 0 Å². The molecule has 0 aromatic heterocycles. The minimum absolute atomic E-state index is 0.392. The molecular formula is C33H32O6. The van der Waals surface area contributed by atoms with Gasteiger partial charge in [-0.15, -0.1) is 0 Å². The maximum atomic E-state index is 12.4. The fourth-order valence-corrected chi connectivity index (χ4v) is 4.49. The molecule has 39 heavy (non-hydrogen) atoms. The van der Waals surface area contributed by atoms with E-state index in [2.05, 4.69) is 13.8 Å². The maximum absolute atomic E-state index is 12.4. The van der Waals surface area contributed by atoms with Crippen LogP contribution in [0.2, 0.25) is 0 Å². The third kappa shape index (κ3) is 6.47. The third-order valence-electron chi connectivity index (χ3n) is 6.62. The number of ether oxygens (including phenoxy) is 4. The Balaban J connectivity index is 1.53. The molecule has 0 fully saturated rings. The SMILES string of the molecule is Cc1cc(C(C)(C)c2cc(C)c(OC(=O)Oc3ccccc3)c(C)c2)cc(C)c1OC(=O)Oc1ccccc1. The first-order valence-electron chi connectivity index (χ1n) is 12.7. The summed E-state index contributed by atoms with van der Waals surface area (Å²) in [5.74, 6) is 1.79. The Labute approximate surface area is 229 Å². The van der Waals surface area contributed by atoms with E-state index >= 15 is 0 Å². The van der Waals surface area contributed by atoms with Crippen LogP contribution in [0.1, 0.15) is 47.2 Å². The summed E-state index contributed by atoms with van der Waals surface area (Å²) >= 11 is 0. The lowest BCUT2D eigenvalue weighted by molar-refractivity contribution is 0.150. The second kappa shape index (κ2) is 11.4. The van der Waals surface area contributed by atoms with Crippen molar-refractivity contribution in [1.82, 2.24) is 0 Å². The lowest BCUT2D eigenvalue weighted by Crippen LogP contribution is -2.21. The molecule has 0 aliphatic heterocycles. The van der Waals surface area contributed by atoms with Crippen molar-refractivity contribution in [3.8, 4) is 23.0 Å². The molecule has 0 amide bonds. The molecule has 0 atom stereocenters. The third-order valence-corrected chi connectivity index (χ3v) is 6.62. The molecule has 0 heterocycles. The molecule has 0 aliphatic carbocycles. The van der Waals surface area contributed by atoms with Crippen LogP contribution in [0.3, 0.4) is 0 Å². The zero-order valence-corrected chi connectivity index (χ0v) is 23.0. The lowest BCUT2D eigenvalue weighted by atomic mass is 9.76. The number of hydrogen-bond acceptors (Lipinski definition) is 6. The van der Waals surface area contributed by atoms with Crippen LogP contribution in [0.25, 0.3) is 0 Å². The smallest absolute Gasteiger partial charge is 0.395 e. The van der Waals surface area contributed by atoms with E-state index in [9.17, 15) is 9.59 Å². The van der Waals surface area contributed by atoms with Crippen LogP contribution >= 0.6 is 0 Å². The summed E-state index contributed by atoms with van der Waals surface area (Å²) in [7, 11) is 0. The van der Waals surface area contributed by atoms with E-state index in [1.54, 1.807) is 48.5 Å². The van der Waals surface area contributed by atoms with Gasteiger partial charge < -0.3 is 18.9 Å². The molecule has 4 rings (SSSR count). The van der Waals surface area contributed by atoms with E-state index in [1.165, 1.54) is 0 Å². The number of benzene rings is 4. The summed E-state index contributed by atoms with van der Waals surface area (Å²) in [6.45, 7) is 11.9. The number of carbonyl (C=O) groups is 2. The number of hydrogen-bond donors (Lipinski definition) is 0. The highest BCUT2D eigenvalue weighted by atomic mass is 16.7. The monoisotopic (exact) mass is 524 g/mol. The standard InChI is InChI=1S/C33H32O6/c1-21-17-25(18-22(2)29(21)38-31(34)36-27-13-9-7-10-14-27)33(5,6)26-19-23(3)30(24(4)20-26)39-32(35)37-28-15-11-8-12-16-28/h7-20H,1-6H3. The predicted molar refractivity (Wildman–Crippen MR) is 150 cm³/mol. The van der Waals surface area contributed by atoms with Crippen LogP contribution in [-0.4, -0.2) is 12.3 Å². The van der Waals surface area contributed by atoms with Gasteiger partial charge in [-0.2, -0.15) is 0 Å². The molecule has 200 valence electrons. The van der Waals surface area contributed by atoms with Crippen molar-refractivity contribution in [1.29, 1.82) is 0 Å². The Kier molecular flexibility index (Phi) is 8.05. The Morgan fingerprint density at radius 3 is 1.13 bits per heavy atom. The highest BCUT2D eigenvalue weighted by Crippen LogP contribution is 2.38. The van der Waals surface area contributed by atoms with E-state index in [-0.39, 0.29) is 0 Å². The highest BCUT2D eigenvalue weighted by molar-refractivity contribution is 5.69. The summed E-state index contributed by atoms with van der Waals surface area (Å²) in [6.07, 6.45) is -1.57. The minimum Gasteiger partial charge on any atom is -0.395 e. The van der Waals surface area contributed by atoms with Gasteiger partial charge in [-0.1, -0.05) is 74.5 Å². The predicted octanol–water partition coefficient (Wildman–Crippen LogP) is 8.40. The summed E-state index contributed by atoms with van der Waals surface area (Å²) in [6, 6.07) is 25.7. The number of aryl methyl sites for hydroxylation is 4. The summed E-state index contributed by atoms with van der Waals surface area (Å²) in [4.78, 5) is 24.8. The van der Waals surface area contributed by atoms with Crippen molar-refractivity contribution < 1.29 is 28.5 Å². The van der Waals surface area contributed by atoms with Crippen LogP contribution in [-0.2, 0) is 5.41 Å². The van der Waals surface area contributed by atoms with Gasteiger partial charge in [0.05, 0.1) is 0 Å². The van der Waals surface area contributed by atoms with Crippen LogP contribution in [0, 0.1) is 27.7 Å². The van der Waals surface area contributed by atoms with Crippen LogP contribution in [0.15, 0.2) is 84.9 Å². The van der Waals surface area contributed by atoms with Gasteiger partial charge >= 0.3 is 12.3 Å². The Morgan fingerprint density at radius 2 is 0.821 bits per heavy atom. The van der Waals surface area contributed by atoms with E-state index in [0.717, 1.165) is 33.4 Å². The van der Waals surface area contributed by atoms with Crippen molar-refractivity contribution in [2.45, 2.75) is 47.0 Å². The molecule has 4 aromatic rings. The fourth-order valence-electron chi connectivity index (χ4n) is 4.49. The van der Waals surface area contributed by atoms with E-state index in [0.29, 0.717) is 23.0 Å². The molecule has 0 radical (unpaired) electrons. The first-order chi connectivity index (χ1) is 18.5. The Bertz CT molecular complexity index is 1330. The van der Waals surface area contributed by atoms with Gasteiger partial charge in [-0.05, 0) is 85.3 Å². The van der Waals surface area contributed by atoms with Crippen LogP contribution < -0.4 is 18.9 Å². The topological polar surface area (TPSA) is 71.1 Å². The van der Waals surface area contributed by atoms with Crippen molar-refractivity contribution in [2.24, 2.45) is 0 Å². The largest absolute Gasteiger partial charge is 0.519 e. The van der Waals surface area contributed by atoms with Gasteiger partial charge in [-0.25, -0.2) is 9.59 Å². The van der Waals surface area contributed by atoms with E-state index in [4.69, 9.17) is 18.9 Å². The molecule has 4 aromatic carbocycles. The zero-order chi connectivity index (χ0) is 28.2. The van der Waals surface area contributed by atoms with Gasteiger partial charge in [0.25, 0.3) is 0 Å². The molecule has 0 N–H and O–H groups in total. The van der Waals surface area contributed by atoms with Gasteiger partial charge in [0.15, 0.2) is 0 Å². The summed E-state index contributed by atoms with van der Waals surface area (Å²) in [5.41, 5.74) is 4.99. The first-order valence-corrected chi connectivity index (χ1v) is 12.7. The van der Waals surface area contributed by atoms with Crippen LogP contribution in [0.4, 0.5) is 9.59 Å². The number of carbonyl (C=O) groups excluding carboxylic acids is 2. The van der Waals surface area contributed by atoms with Gasteiger partial charge in [0, 0.05) is 5.41 Å². The fraction of sp³-hybridized carbons (Fsp3) is 0.212. The quantitative estimate of drug-likeness (QED) is 0.186. The molecule has 0 aliphatic rings. The van der Waals surface area contributed by atoms with Crippen molar-refractivity contribution in [3.05, 3.63) is 118 Å². The average molecular weight is 525 g/mol. The number of rotatable bonds is 6. The minimum atomic E-state index is -0.785. The molecule has 6 nitrogen and oxygen atoms in total. The zero-order valence-electron chi connectivity index (χ0n) is 23.0. The molecule has 0 saturated heterocycles. The Morgan fingerprint density at radius 1 is 0.513 bits per heavy atom. The van der Waals surface area contributed by atoms with E-state index in [1.807, 2.05) is 64.1 Å². The van der Waals surface area contributed by atoms with E-state index < -0.39 is 17.7 Å². The molecule has 0 spiro atoms. The first kappa shape index (κ1) is 27.5. The van der Waals surface area contributed by atoms with Gasteiger partial charge in [0.1, 0.15) is 23.0 Å². The lowest BCUT2D eigenvalue weighted by Gasteiger charge is -2.29. The summed E-state index contributed by atoms with van der Waals surface area (Å²) in [5, 5.41) is 0. The van der Waals surface area contributed by atoms with Crippen LogP contribution in [0.5, 0.6) is 23.0 Å². The van der Waals surface area contributed by atoms with Crippen molar-refractivity contribution in [2.75, 3.05) is 0 Å².